The lowest BCUT2D eigenvalue weighted by Crippen LogP contribution is -2.30. The Morgan fingerprint density at radius 1 is 1.19 bits per heavy atom. The van der Waals surface area contributed by atoms with Crippen molar-refractivity contribution in [2.75, 3.05) is 17.4 Å². The number of unbranched alkanes of at least 4 members (excludes halogenated alkanes) is 2. The maximum absolute atomic E-state index is 13.2. The first-order valence-electron chi connectivity index (χ1n) is 9.13. The van der Waals surface area contributed by atoms with Crippen LogP contribution in [0.15, 0.2) is 47.4 Å². The third kappa shape index (κ3) is 4.12. The Hall–Kier alpha value is -2.05. The number of fused-ring (bicyclic) bond motifs is 1. The highest BCUT2D eigenvalue weighted by Gasteiger charge is 2.32. The minimum atomic E-state index is -3.85. The molecule has 0 spiro atoms. The molecule has 2 aromatic carbocycles. The highest BCUT2D eigenvalue weighted by Crippen LogP contribution is 2.35. The van der Waals surface area contributed by atoms with Crippen LogP contribution in [0.4, 0.5) is 5.69 Å². The summed E-state index contributed by atoms with van der Waals surface area (Å²) in [6.45, 7) is 3.02. The fourth-order valence-electron chi connectivity index (χ4n) is 3.20. The summed E-state index contributed by atoms with van der Waals surface area (Å²) in [6, 6.07) is 11.8. The first-order valence-corrected chi connectivity index (χ1v) is 11.0. The van der Waals surface area contributed by atoms with Crippen LogP contribution in [0.1, 0.15) is 42.1 Å². The van der Waals surface area contributed by atoms with Crippen molar-refractivity contribution in [2.45, 2.75) is 37.5 Å². The number of benzene rings is 2. The van der Waals surface area contributed by atoms with E-state index >= 15 is 0 Å². The van der Waals surface area contributed by atoms with E-state index in [1.54, 1.807) is 12.1 Å². The Balaban J connectivity index is 1.87. The highest BCUT2D eigenvalue weighted by molar-refractivity contribution is 7.93. The molecule has 0 saturated carbocycles. The minimum Gasteiger partial charge on any atom is -0.352 e. The molecule has 0 fully saturated rings. The zero-order valence-corrected chi connectivity index (χ0v) is 16.8. The van der Waals surface area contributed by atoms with Gasteiger partial charge in [-0.2, -0.15) is 0 Å². The third-order valence-corrected chi connectivity index (χ3v) is 6.97. The normalized spacial score (nSPS) is 13.5. The fourth-order valence-corrected chi connectivity index (χ4v) is 5.20. The molecule has 27 heavy (non-hydrogen) atoms. The molecule has 144 valence electrons. The van der Waals surface area contributed by atoms with Crippen LogP contribution in [0.2, 0.25) is 5.02 Å². The molecule has 0 bridgehead atoms. The van der Waals surface area contributed by atoms with E-state index in [1.807, 2.05) is 18.2 Å². The smallest absolute Gasteiger partial charge is 0.265 e. The first kappa shape index (κ1) is 19.7. The van der Waals surface area contributed by atoms with Gasteiger partial charge in [-0.05, 0) is 42.7 Å². The number of anilines is 1. The number of rotatable bonds is 7. The van der Waals surface area contributed by atoms with Gasteiger partial charge in [-0.15, -0.1) is 0 Å². The summed E-state index contributed by atoms with van der Waals surface area (Å²) in [5.41, 5.74) is 1.95. The molecule has 1 amide bonds. The van der Waals surface area contributed by atoms with E-state index in [4.69, 9.17) is 11.6 Å². The average Bonchev–Trinajstić information content (AvgIpc) is 3.10. The molecule has 2 aromatic rings. The Morgan fingerprint density at radius 3 is 2.74 bits per heavy atom. The molecule has 0 unspecified atom stereocenters. The summed E-state index contributed by atoms with van der Waals surface area (Å²) in [5, 5.41) is 2.94. The maximum Gasteiger partial charge on any atom is 0.265 e. The fraction of sp³-hybridized carbons (Fsp3) is 0.350. The van der Waals surface area contributed by atoms with E-state index in [0.29, 0.717) is 30.8 Å². The summed E-state index contributed by atoms with van der Waals surface area (Å²) < 4.78 is 27.8. The summed E-state index contributed by atoms with van der Waals surface area (Å²) in [6.07, 6.45) is 3.65. The molecule has 7 heteroatoms. The second kappa shape index (κ2) is 8.31. The van der Waals surface area contributed by atoms with Crippen LogP contribution >= 0.6 is 11.6 Å². The predicted octanol–water partition coefficient (Wildman–Crippen LogP) is 4.01. The topological polar surface area (TPSA) is 66.5 Å². The van der Waals surface area contributed by atoms with Crippen LogP contribution in [0, 0.1) is 0 Å². The number of nitrogens with one attached hydrogen (secondary N) is 1. The zero-order valence-electron chi connectivity index (χ0n) is 15.2. The number of carbonyl (C=O) groups excluding carboxylic acids is 1. The van der Waals surface area contributed by atoms with Crippen molar-refractivity contribution in [3.8, 4) is 0 Å². The lowest BCUT2D eigenvalue weighted by molar-refractivity contribution is 0.0952. The number of nitrogens with zero attached hydrogens (tertiary/aromatic N) is 1. The van der Waals surface area contributed by atoms with Gasteiger partial charge >= 0.3 is 0 Å². The van der Waals surface area contributed by atoms with Gasteiger partial charge in [0.1, 0.15) is 4.90 Å². The summed E-state index contributed by atoms with van der Waals surface area (Å²) in [5.74, 6) is -0.291. The van der Waals surface area contributed by atoms with Gasteiger partial charge in [0.25, 0.3) is 15.9 Å². The van der Waals surface area contributed by atoms with Crippen molar-refractivity contribution < 1.29 is 13.2 Å². The maximum atomic E-state index is 13.2. The van der Waals surface area contributed by atoms with Crippen molar-refractivity contribution in [1.29, 1.82) is 0 Å². The van der Waals surface area contributed by atoms with Crippen molar-refractivity contribution >= 4 is 33.2 Å². The van der Waals surface area contributed by atoms with Gasteiger partial charge in [-0.3, -0.25) is 9.10 Å². The SMILES string of the molecule is CCCCCNC(=O)c1ccc(Cl)c(S(=O)(=O)N2CCc3ccccc32)c1. The number of hydrogen-bond acceptors (Lipinski definition) is 3. The summed E-state index contributed by atoms with van der Waals surface area (Å²) >= 11 is 6.20. The van der Waals surface area contributed by atoms with Gasteiger partial charge in [0.2, 0.25) is 0 Å². The average molecular weight is 407 g/mol. The zero-order chi connectivity index (χ0) is 19.4. The van der Waals surface area contributed by atoms with Crippen molar-refractivity contribution in [3.05, 3.63) is 58.6 Å². The molecule has 1 heterocycles. The minimum absolute atomic E-state index is 0.0397. The Labute approximate surface area is 165 Å². The number of sulfonamides is 1. The largest absolute Gasteiger partial charge is 0.352 e. The molecule has 0 atom stereocenters. The van der Waals surface area contributed by atoms with Crippen molar-refractivity contribution in [1.82, 2.24) is 5.32 Å². The molecule has 0 saturated heterocycles. The van der Waals surface area contributed by atoms with E-state index in [2.05, 4.69) is 12.2 Å². The molecule has 0 aromatic heterocycles. The van der Waals surface area contributed by atoms with Crippen LogP contribution in [-0.2, 0) is 16.4 Å². The van der Waals surface area contributed by atoms with Crippen LogP contribution < -0.4 is 9.62 Å². The molecular weight excluding hydrogens is 384 g/mol. The van der Waals surface area contributed by atoms with E-state index < -0.39 is 10.0 Å². The van der Waals surface area contributed by atoms with Gasteiger partial charge in [-0.1, -0.05) is 49.6 Å². The van der Waals surface area contributed by atoms with E-state index in [-0.39, 0.29) is 15.8 Å². The molecular formula is C20H23ClN2O3S. The number of halogens is 1. The van der Waals surface area contributed by atoms with E-state index in [0.717, 1.165) is 24.8 Å². The predicted molar refractivity (Wildman–Crippen MR) is 108 cm³/mol. The van der Waals surface area contributed by atoms with Gasteiger partial charge in [-0.25, -0.2) is 8.42 Å². The lowest BCUT2D eigenvalue weighted by Gasteiger charge is -2.20. The summed E-state index contributed by atoms with van der Waals surface area (Å²) in [7, 11) is -3.85. The van der Waals surface area contributed by atoms with Gasteiger partial charge in [0.15, 0.2) is 0 Å². The molecule has 3 rings (SSSR count). The monoisotopic (exact) mass is 406 g/mol. The first-order chi connectivity index (χ1) is 12.9. The van der Waals surface area contributed by atoms with Crippen molar-refractivity contribution in [3.63, 3.8) is 0 Å². The van der Waals surface area contributed by atoms with Crippen LogP contribution in [-0.4, -0.2) is 27.4 Å². The van der Waals surface area contributed by atoms with E-state index in [1.165, 1.54) is 16.4 Å². The number of amides is 1. The summed E-state index contributed by atoms with van der Waals surface area (Å²) in [4.78, 5) is 12.3. The molecule has 5 nitrogen and oxygen atoms in total. The van der Waals surface area contributed by atoms with E-state index in [9.17, 15) is 13.2 Å². The second-order valence-electron chi connectivity index (χ2n) is 6.56. The molecule has 1 N–H and O–H groups in total. The van der Waals surface area contributed by atoms with Gasteiger partial charge in [0, 0.05) is 18.7 Å². The molecule has 1 aliphatic heterocycles. The Bertz CT molecular complexity index is 944. The number of para-hydroxylation sites is 1. The van der Waals surface area contributed by atoms with Crippen molar-refractivity contribution in [2.24, 2.45) is 0 Å². The van der Waals surface area contributed by atoms with Gasteiger partial charge in [0.05, 0.1) is 10.7 Å². The standard InChI is InChI=1S/C20H23ClN2O3S/c1-2-3-6-12-22-20(24)16-9-10-17(21)19(14-16)27(25,26)23-13-11-15-7-4-5-8-18(15)23/h4-5,7-10,14H,2-3,6,11-13H2,1H3,(H,22,24). The molecule has 0 radical (unpaired) electrons. The Morgan fingerprint density at radius 2 is 1.96 bits per heavy atom. The van der Waals surface area contributed by atoms with Gasteiger partial charge < -0.3 is 5.32 Å². The van der Waals surface area contributed by atoms with Crippen LogP contribution in [0.25, 0.3) is 0 Å². The molecule has 1 aliphatic rings. The Kier molecular flexibility index (Phi) is 6.07. The van der Waals surface area contributed by atoms with Crippen LogP contribution in [0.3, 0.4) is 0 Å². The third-order valence-electron chi connectivity index (χ3n) is 4.67. The quantitative estimate of drug-likeness (QED) is 0.706. The highest BCUT2D eigenvalue weighted by atomic mass is 35.5. The molecule has 0 aliphatic carbocycles. The van der Waals surface area contributed by atoms with Crippen LogP contribution in [0.5, 0.6) is 0 Å². The lowest BCUT2D eigenvalue weighted by atomic mass is 10.2. The number of carbonyl (C=O) groups is 1. The number of hydrogen-bond donors (Lipinski definition) is 1. The second-order valence-corrected chi connectivity index (χ2v) is 8.80.